The molecule has 21 heavy (non-hydrogen) atoms. The second kappa shape index (κ2) is 7.04. The van der Waals surface area contributed by atoms with Gasteiger partial charge in [-0.2, -0.15) is 0 Å². The number of aliphatic hydroxyl groups is 1. The Balaban J connectivity index is 1.95. The predicted octanol–water partition coefficient (Wildman–Crippen LogP) is 2.57. The third-order valence-electron chi connectivity index (χ3n) is 3.32. The van der Waals surface area contributed by atoms with E-state index in [-0.39, 0.29) is 12.4 Å². The van der Waals surface area contributed by atoms with Crippen molar-refractivity contribution in [2.75, 3.05) is 30.4 Å². The minimum absolute atomic E-state index is 0.112. The smallest absolute Gasteiger partial charge is 0.126 e. The highest BCUT2D eigenvalue weighted by molar-refractivity contribution is 5.49. The highest BCUT2D eigenvalue weighted by atomic mass is 19.1. The summed E-state index contributed by atoms with van der Waals surface area (Å²) < 4.78 is 13.2. The molecule has 2 aromatic rings. The van der Waals surface area contributed by atoms with Crippen molar-refractivity contribution in [3.8, 4) is 0 Å². The Kier molecular flexibility index (Phi) is 5.11. The maximum Gasteiger partial charge on any atom is 0.126 e. The van der Waals surface area contributed by atoms with E-state index in [0.717, 1.165) is 17.1 Å². The van der Waals surface area contributed by atoms with Gasteiger partial charge >= 0.3 is 0 Å². The third-order valence-corrected chi connectivity index (χ3v) is 3.32. The average Bonchev–Trinajstić information content (AvgIpc) is 2.49. The number of likely N-dealkylation sites (N-methyl/N-ethyl adjacent to an activating group) is 1. The summed E-state index contributed by atoms with van der Waals surface area (Å²) in [6, 6.07) is 8.90. The molecule has 0 radical (unpaired) electrons. The summed E-state index contributed by atoms with van der Waals surface area (Å²) in [5.41, 5.74) is 2.60. The number of hydrogen-bond acceptors (Lipinski definition) is 4. The van der Waals surface area contributed by atoms with Crippen molar-refractivity contribution in [2.45, 2.75) is 13.5 Å². The number of benzene rings is 1. The molecule has 0 saturated heterocycles. The lowest BCUT2D eigenvalue weighted by atomic mass is 10.1. The molecule has 0 fully saturated rings. The molecule has 1 aromatic heterocycles. The van der Waals surface area contributed by atoms with Crippen molar-refractivity contribution in [3.63, 3.8) is 0 Å². The van der Waals surface area contributed by atoms with Gasteiger partial charge in [-0.1, -0.05) is 12.1 Å². The lowest BCUT2D eigenvalue weighted by Crippen LogP contribution is -2.21. The van der Waals surface area contributed by atoms with Crippen molar-refractivity contribution >= 4 is 11.5 Å². The van der Waals surface area contributed by atoms with Gasteiger partial charge in [0, 0.05) is 20.1 Å². The quantitative estimate of drug-likeness (QED) is 0.858. The molecular weight excluding hydrogens is 269 g/mol. The summed E-state index contributed by atoms with van der Waals surface area (Å²) in [6.45, 7) is 3.03. The number of pyridine rings is 1. The van der Waals surface area contributed by atoms with Crippen LogP contribution >= 0.6 is 0 Å². The van der Waals surface area contributed by atoms with Crippen LogP contribution in [-0.4, -0.2) is 30.3 Å². The predicted molar refractivity (Wildman–Crippen MR) is 83.1 cm³/mol. The number of aryl methyl sites for hydroxylation is 1. The molecule has 2 rings (SSSR count). The Morgan fingerprint density at radius 3 is 2.71 bits per heavy atom. The van der Waals surface area contributed by atoms with Crippen LogP contribution in [0.1, 0.15) is 11.1 Å². The summed E-state index contributed by atoms with van der Waals surface area (Å²) in [5.74, 6) is 0.575. The molecule has 112 valence electrons. The highest BCUT2D eigenvalue weighted by Crippen LogP contribution is 2.15. The number of aromatic nitrogens is 1. The van der Waals surface area contributed by atoms with E-state index in [1.165, 1.54) is 6.07 Å². The van der Waals surface area contributed by atoms with E-state index in [1.807, 2.05) is 30.1 Å². The maximum absolute atomic E-state index is 13.2. The van der Waals surface area contributed by atoms with E-state index in [4.69, 9.17) is 5.11 Å². The van der Waals surface area contributed by atoms with Crippen molar-refractivity contribution in [3.05, 3.63) is 53.5 Å². The molecule has 0 amide bonds. The second-order valence-electron chi connectivity index (χ2n) is 4.98. The van der Waals surface area contributed by atoms with Gasteiger partial charge in [0.05, 0.1) is 18.5 Å². The topological polar surface area (TPSA) is 48.4 Å². The van der Waals surface area contributed by atoms with Crippen molar-refractivity contribution in [1.29, 1.82) is 0 Å². The normalized spacial score (nSPS) is 10.5. The summed E-state index contributed by atoms with van der Waals surface area (Å²) in [4.78, 5) is 6.26. The number of hydrogen-bond donors (Lipinski definition) is 2. The van der Waals surface area contributed by atoms with Gasteiger partial charge in [0.1, 0.15) is 11.6 Å². The lowest BCUT2D eigenvalue weighted by molar-refractivity contribution is 0.304. The van der Waals surface area contributed by atoms with Crippen LogP contribution in [0.3, 0.4) is 0 Å². The first-order valence-electron chi connectivity index (χ1n) is 6.87. The van der Waals surface area contributed by atoms with Gasteiger partial charge in [-0.3, -0.25) is 0 Å². The highest BCUT2D eigenvalue weighted by Gasteiger charge is 2.02. The van der Waals surface area contributed by atoms with Crippen LogP contribution in [0.15, 0.2) is 36.5 Å². The SMILES string of the molecule is Cc1cc(CNc2ccc(N(C)CCO)cn2)ccc1F. The molecule has 0 bridgehead atoms. The number of rotatable bonds is 6. The molecule has 1 heterocycles. The first-order chi connectivity index (χ1) is 10.1. The monoisotopic (exact) mass is 289 g/mol. The zero-order valence-electron chi connectivity index (χ0n) is 12.3. The van der Waals surface area contributed by atoms with Gasteiger partial charge in [0.25, 0.3) is 0 Å². The van der Waals surface area contributed by atoms with E-state index < -0.39 is 0 Å². The van der Waals surface area contributed by atoms with E-state index in [2.05, 4.69) is 10.3 Å². The largest absolute Gasteiger partial charge is 0.395 e. The van der Waals surface area contributed by atoms with Gasteiger partial charge in [-0.15, -0.1) is 0 Å². The van der Waals surface area contributed by atoms with Crippen LogP contribution in [-0.2, 0) is 6.54 Å². The van der Waals surface area contributed by atoms with E-state index in [9.17, 15) is 4.39 Å². The molecule has 0 atom stereocenters. The average molecular weight is 289 g/mol. The van der Waals surface area contributed by atoms with Gasteiger partial charge in [-0.05, 0) is 36.2 Å². The van der Waals surface area contributed by atoms with Crippen LogP contribution in [0.2, 0.25) is 0 Å². The van der Waals surface area contributed by atoms with Crippen LogP contribution in [0, 0.1) is 12.7 Å². The Morgan fingerprint density at radius 1 is 1.29 bits per heavy atom. The Morgan fingerprint density at radius 2 is 2.10 bits per heavy atom. The van der Waals surface area contributed by atoms with Gasteiger partial charge < -0.3 is 15.3 Å². The second-order valence-corrected chi connectivity index (χ2v) is 4.98. The Bertz CT molecular complexity index is 587. The van der Waals surface area contributed by atoms with Crippen molar-refractivity contribution in [2.24, 2.45) is 0 Å². The third kappa shape index (κ3) is 4.16. The zero-order chi connectivity index (χ0) is 15.2. The molecule has 0 unspecified atom stereocenters. The van der Waals surface area contributed by atoms with Crippen molar-refractivity contribution < 1.29 is 9.50 Å². The summed E-state index contributed by atoms with van der Waals surface area (Å²) in [6.07, 6.45) is 1.76. The fourth-order valence-electron chi connectivity index (χ4n) is 2.00. The lowest BCUT2D eigenvalue weighted by Gasteiger charge is -2.17. The van der Waals surface area contributed by atoms with E-state index in [1.54, 1.807) is 19.2 Å². The zero-order valence-corrected chi connectivity index (χ0v) is 12.3. The minimum Gasteiger partial charge on any atom is -0.395 e. The van der Waals surface area contributed by atoms with Crippen LogP contribution in [0.4, 0.5) is 15.9 Å². The fraction of sp³-hybridized carbons (Fsp3) is 0.312. The van der Waals surface area contributed by atoms with E-state index >= 15 is 0 Å². The molecule has 0 spiro atoms. The number of aliphatic hydroxyl groups excluding tert-OH is 1. The van der Waals surface area contributed by atoms with Gasteiger partial charge in [0.2, 0.25) is 0 Å². The molecule has 1 aromatic carbocycles. The Hall–Kier alpha value is -2.14. The molecule has 0 aliphatic rings. The molecule has 0 saturated carbocycles. The standard InChI is InChI=1S/C16H20FN3O/c1-12-9-13(3-5-15(12)17)10-18-16-6-4-14(11-19-16)20(2)7-8-21/h3-6,9,11,21H,7-8,10H2,1-2H3,(H,18,19). The number of nitrogens with zero attached hydrogens (tertiary/aromatic N) is 2. The number of nitrogens with one attached hydrogen (secondary N) is 1. The maximum atomic E-state index is 13.2. The van der Waals surface area contributed by atoms with Crippen molar-refractivity contribution in [1.82, 2.24) is 4.98 Å². The van der Waals surface area contributed by atoms with Gasteiger partial charge in [0.15, 0.2) is 0 Å². The van der Waals surface area contributed by atoms with Gasteiger partial charge in [-0.25, -0.2) is 9.37 Å². The summed E-state index contributed by atoms with van der Waals surface area (Å²) in [7, 11) is 1.90. The summed E-state index contributed by atoms with van der Waals surface area (Å²) in [5, 5.41) is 12.1. The summed E-state index contributed by atoms with van der Waals surface area (Å²) >= 11 is 0. The molecule has 0 aliphatic carbocycles. The van der Waals surface area contributed by atoms with Crippen LogP contribution in [0.5, 0.6) is 0 Å². The first kappa shape index (κ1) is 15.3. The molecular formula is C16H20FN3O. The van der Waals surface area contributed by atoms with Crippen LogP contribution in [0.25, 0.3) is 0 Å². The number of halogens is 1. The first-order valence-corrected chi connectivity index (χ1v) is 6.87. The number of anilines is 2. The molecule has 2 N–H and O–H groups in total. The Labute approximate surface area is 124 Å². The van der Waals surface area contributed by atoms with Crippen LogP contribution < -0.4 is 10.2 Å². The molecule has 0 aliphatic heterocycles. The fourth-order valence-corrected chi connectivity index (χ4v) is 2.00. The van der Waals surface area contributed by atoms with E-state index in [0.29, 0.717) is 18.7 Å². The molecule has 5 heteroatoms. The minimum atomic E-state index is -0.187. The molecule has 4 nitrogen and oxygen atoms in total.